The number of benzene rings is 1. The summed E-state index contributed by atoms with van der Waals surface area (Å²) in [4.78, 5) is 18.3. The Morgan fingerprint density at radius 3 is 2.59 bits per heavy atom. The monoisotopic (exact) mass is 562 g/mol. The molecule has 3 aliphatic rings. The van der Waals surface area contributed by atoms with Gasteiger partial charge in [0.2, 0.25) is 0 Å². The highest BCUT2D eigenvalue weighted by Crippen LogP contribution is 2.49. The van der Waals surface area contributed by atoms with Gasteiger partial charge in [-0.2, -0.15) is 0 Å². The molecular weight excluding hydrogens is 508 g/mol. The van der Waals surface area contributed by atoms with Gasteiger partial charge in [0.25, 0.3) is 0 Å². The number of carbonyl (C=O) groups is 1. The molecule has 3 heterocycles. The van der Waals surface area contributed by atoms with Gasteiger partial charge in [-0.25, -0.2) is 0 Å². The summed E-state index contributed by atoms with van der Waals surface area (Å²) in [7, 11) is 0. The summed E-state index contributed by atoms with van der Waals surface area (Å²) < 4.78 is 13.0. The summed E-state index contributed by atoms with van der Waals surface area (Å²) in [6, 6.07) is 4.33. The molecule has 0 bridgehead atoms. The third-order valence-electron chi connectivity index (χ3n) is 9.42. The number of unbranched alkanes of at least 4 members (excludes halogenated alkanes) is 2. The van der Waals surface area contributed by atoms with E-state index in [-0.39, 0.29) is 11.9 Å². The molecule has 1 fully saturated rings. The Labute approximate surface area is 250 Å². The van der Waals surface area contributed by atoms with Crippen molar-refractivity contribution in [1.29, 1.82) is 0 Å². The summed E-state index contributed by atoms with van der Waals surface area (Å²) in [6.45, 7) is 16.5. The average Bonchev–Trinajstić information content (AvgIpc) is 2.95. The maximum atomic E-state index is 13.5. The smallest absolute Gasteiger partial charge is 0.314 e. The number of hydrogen-bond acceptors (Lipinski definition) is 5. The largest absolute Gasteiger partial charge is 0.483 e. The van der Waals surface area contributed by atoms with Gasteiger partial charge in [-0.1, -0.05) is 58.8 Å². The number of carbonyl (C=O) groups excluding carboxylic acids is 1. The Morgan fingerprint density at radius 1 is 1.07 bits per heavy atom. The summed E-state index contributed by atoms with van der Waals surface area (Å²) in [6.07, 6.45) is 18.5. The van der Waals surface area contributed by atoms with Crippen molar-refractivity contribution in [2.24, 2.45) is 11.8 Å². The van der Waals surface area contributed by atoms with Crippen molar-refractivity contribution < 1.29 is 14.3 Å². The van der Waals surface area contributed by atoms with Gasteiger partial charge in [0.1, 0.15) is 17.1 Å². The molecular formula is C36H54N2O3. The molecule has 0 radical (unpaired) electrons. The molecule has 1 aromatic carbocycles. The van der Waals surface area contributed by atoms with Crippen LogP contribution in [0.2, 0.25) is 0 Å². The molecule has 0 spiro atoms. The maximum absolute atomic E-state index is 13.5. The van der Waals surface area contributed by atoms with Crippen molar-refractivity contribution in [3.63, 3.8) is 0 Å². The predicted octanol–water partition coefficient (Wildman–Crippen LogP) is 7.52. The lowest BCUT2D eigenvalue weighted by atomic mass is 9.81. The molecule has 0 N–H and O–H groups in total. The predicted molar refractivity (Wildman–Crippen MR) is 169 cm³/mol. The van der Waals surface area contributed by atoms with E-state index in [4.69, 9.17) is 15.9 Å². The van der Waals surface area contributed by atoms with Crippen LogP contribution in [0.25, 0.3) is 5.57 Å². The minimum absolute atomic E-state index is 0.141. The van der Waals surface area contributed by atoms with Crippen LogP contribution in [0.4, 0.5) is 0 Å². The summed E-state index contributed by atoms with van der Waals surface area (Å²) >= 11 is 0. The number of rotatable bonds is 13. The second kappa shape index (κ2) is 14.7. The van der Waals surface area contributed by atoms with E-state index in [9.17, 15) is 4.79 Å². The minimum atomic E-state index is -0.403. The van der Waals surface area contributed by atoms with Gasteiger partial charge in [0.05, 0.1) is 18.0 Å². The van der Waals surface area contributed by atoms with Crippen molar-refractivity contribution in [1.82, 2.24) is 9.80 Å². The lowest BCUT2D eigenvalue weighted by molar-refractivity contribution is -0.138. The van der Waals surface area contributed by atoms with Gasteiger partial charge in [-0.05, 0) is 107 Å². The van der Waals surface area contributed by atoms with Crippen LogP contribution in [-0.4, -0.2) is 60.6 Å². The van der Waals surface area contributed by atoms with E-state index in [0.29, 0.717) is 18.2 Å². The van der Waals surface area contributed by atoms with Crippen molar-refractivity contribution in [2.75, 3.05) is 39.3 Å². The fourth-order valence-electron chi connectivity index (χ4n) is 6.75. The average molecular weight is 563 g/mol. The molecule has 0 aromatic heterocycles. The quantitative estimate of drug-likeness (QED) is 0.108. The minimum Gasteiger partial charge on any atom is -0.483 e. The first-order valence-electron chi connectivity index (χ1n) is 16.4. The third kappa shape index (κ3) is 8.39. The first kappa shape index (κ1) is 31.6. The highest BCUT2D eigenvalue weighted by molar-refractivity contribution is 5.85. The van der Waals surface area contributed by atoms with Gasteiger partial charge in [0, 0.05) is 13.1 Å². The Morgan fingerprint density at radius 2 is 1.85 bits per heavy atom. The molecule has 1 saturated heterocycles. The van der Waals surface area contributed by atoms with Crippen LogP contribution < -0.4 is 9.47 Å². The van der Waals surface area contributed by atoms with Crippen molar-refractivity contribution in [2.45, 2.75) is 111 Å². The van der Waals surface area contributed by atoms with Gasteiger partial charge in [-0.3, -0.25) is 9.69 Å². The normalized spacial score (nSPS) is 20.4. The Hall–Kier alpha value is -2.29. The van der Waals surface area contributed by atoms with Crippen LogP contribution in [0.5, 0.6) is 11.5 Å². The molecule has 41 heavy (non-hydrogen) atoms. The molecule has 5 heteroatoms. The van der Waals surface area contributed by atoms with E-state index >= 15 is 0 Å². The van der Waals surface area contributed by atoms with Gasteiger partial charge >= 0.3 is 5.97 Å². The number of likely N-dealkylation sites (tertiary alicyclic amines) is 1. The van der Waals surface area contributed by atoms with E-state index in [0.717, 1.165) is 69.7 Å². The first-order valence-corrected chi connectivity index (χ1v) is 16.4. The first-order chi connectivity index (χ1) is 19.7. The maximum Gasteiger partial charge on any atom is 0.314 e. The molecule has 0 saturated carbocycles. The zero-order chi connectivity index (χ0) is 29.4. The third-order valence-corrected chi connectivity index (χ3v) is 9.42. The second-order valence-electron chi connectivity index (χ2n) is 13.4. The standard InChI is InChI=1S/C36H54N2O3/c1-7-9-11-14-27(3)15-16-29-24-32(40-35(39)28(4)17-22-37-20-12-10-13-21-37)34-30-26-38(19-8-2)23-18-31(30)36(5,6)41-33(34)25-29/h2,24-25,27-28H,7,9-23,26H2,1,3-6H3. The molecule has 1 aromatic rings. The fraction of sp³-hybridized carbons (Fsp3) is 0.694. The summed E-state index contributed by atoms with van der Waals surface area (Å²) in [5, 5.41) is 0. The molecule has 226 valence electrons. The highest BCUT2D eigenvalue weighted by Gasteiger charge is 2.39. The number of aryl methyl sites for hydroxylation is 1. The van der Waals surface area contributed by atoms with Crippen LogP contribution in [-0.2, 0) is 11.2 Å². The summed E-state index contributed by atoms with van der Waals surface area (Å²) in [5.41, 5.74) is 4.26. The van der Waals surface area contributed by atoms with Crippen LogP contribution in [0.1, 0.15) is 110 Å². The van der Waals surface area contributed by atoms with Crippen LogP contribution >= 0.6 is 0 Å². The lowest BCUT2D eigenvalue weighted by Crippen LogP contribution is -2.42. The number of esters is 1. The number of terminal acetylenes is 1. The lowest BCUT2D eigenvalue weighted by Gasteiger charge is -2.42. The van der Waals surface area contributed by atoms with Crippen molar-refractivity contribution in [3.05, 3.63) is 28.8 Å². The topological polar surface area (TPSA) is 42.0 Å². The fourth-order valence-corrected chi connectivity index (χ4v) is 6.75. The Kier molecular flexibility index (Phi) is 11.4. The van der Waals surface area contributed by atoms with Gasteiger partial charge < -0.3 is 14.4 Å². The molecule has 4 rings (SSSR count). The molecule has 2 atom stereocenters. The van der Waals surface area contributed by atoms with Gasteiger partial charge in [0.15, 0.2) is 0 Å². The van der Waals surface area contributed by atoms with Crippen molar-refractivity contribution >= 4 is 11.5 Å². The molecule has 3 aliphatic heterocycles. The van der Waals surface area contributed by atoms with E-state index < -0.39 is 5.60 Å². The number of ether oxygens (including phenoxy) is 2. The summed E-state index contributed by atoms with van der Waals surface area (Å²) in [5.74, 6) is 4.69. The van der Waals surface area contributed by atoms with Crippen LogP contribution in [0, 0.1) is 24.2 Å². The van der Waals surface area contributed by atoms with E-state index in [1.54, 1.807) is 0 Å². The zero-order valence-corrected chi connectivity index (χ0v) is 26.5. The molecule has 5 nitrogen and oxygen atoms in total. The zero-order valence-electron chi connectivity index (χ0n) is 26.5. The van der Waals surface area contributed by atoms with Crippen LogP contribution in [0.15, 0.2) is 17.7 Å². The molecule has 0 amide bonds. The number of hydrogen-bond donors (Lipinski definition) is 0. The Bertz CT molecular complexity index is 1110. The van der Waals surface area contributed by atoms with Crippen LogP contribution in [0.3, 0.4) is 0 Å². The van der Waals surface area contributed by atoms with Crippen molar-refractivity contribution in [3.8, 4) is 23.8 Å². The second-order valence-corrected chi connectivity index (χ2v) is 13.4. The Balaban J connectivity index is 1.59. The molecule has 0 aliphatic carbocycles. The molecule has 2 unspecified atom stereocenters. The number of fused-ring (bicyclic) bond motifs is 2. The SMILES string of the molecule is C#CCN1CCC2=C(C1)c1c(OC(=O)C(C)CCN3CCCCC3)cc(CCC(C)CCCCC)cc1OC2(C)C. The highest BCUT2D eigenvalue weighted by atomic mass is 16.5. The van der Waals surface area contributed by atoms with E-state index in [1.807, 2.05) is 6.92 Å². The van der Waals surface area contributed by atoms with Gasteiger partial charge in [-0.15, -0.1) is 6.42 Å². The number of piperidine rings is 1. The van der Waals surface area contributed by atoms with E-state index in [2.05, 4.69) is 55.5 Å². The number of nitrogens with zero attached hydrogens (tertiary/aromatic N) is 2. The van der Waals surface area contributed by atoms with E-state index in [1.165, 1.54) is 61.7 Å².